The van der Waals surface area contributed by atoms with Crippen molar-refractivity contribution in [2.24, 2.45) is 0 Å². The second kappa shape index (κ2) is 7.97. The summed E-state index contributed by atoms with van der Waals surface area (Å²) in [5.41, 5.74) is 0.176. The average molecular weight is 248 g/mol. The molecule has 0 bridgehead atoms. The zero-order valence-corrected chi connectivity index (χ0v) is 12.5. The van der Waals surface area contributed by atoms with Crippen molar-refractivity contribution in [3.63, 3.8) is 0 Å². The molecule has 0 rings (SSSR count). The Morgan fingerprint density at radius 2 is 1.86 bits per heavy atom. The van der Waals surface area contributed by atoms with Crippen molar-refractivity contribution in [2.75, 3.05) is 0 Å². The molecule has 0 aromatic rings. The van der Waals surface area contributed by atoms with E-state index in [9.17, 15) is 13.2 Å². The maximum absolute atomic E-state index is 10.2. The van der Waals surface area contributed by atoms with Crippen LogP contribution in [0.2, 0.25) is 0 Å². The molecule has 0 aromatic heterocycles. The fourth-order valence-electron chi connectivity index (χ4n) is 0.211. The number of hydrogen-bond acceptors (Lipinski definition) is 3. The van der Waals surface area contributed by atoms with Crippen LogP contribution in [-0.2, 0) is 14.9 Å². The molecule has 0 spiro atoms. The molecule has 5 nitrogen and oxygen atoms in total. The van der Waals surface area contributed by atoms with Gasteiger partial charge in [0.15, 0.2) is 0 Å². The summed E-state index contributed by atoms with van der Waals surface area (Å²) in [4.78, 5) is 9.60. The Hall–Kier alpha value is 0.756. The quantitative estimate of drug-likeness (QED) is 0.429. The molecule has 0 radical (unpaired) electrons. The van der Waals surface area contributed by atoms with Crippen LogP contribution in [0.3, 0.4) is 0 Å². The summed E-state index contributed by atoms with van der Waals surface area (Å²) in [6, 6.07) is 0. The number of carboxylic acids is 1. The molecule has 0 saturated heterocycles. The van der Waals surface area contributed by atoms with Gasteiger partial charge in [-0.25, -0.2) is 4.79 Å². The van der Waals surface area contributed by atoms with Gasteiger partial charge in [0.1, 0.15) is 0 Å². The number of aliphatic carboxylic acids is 1. The van der Waals surface area contributed by atoms with E-state index in [1.54, 1.807) is 6.92 Å². The normalized spacial score (nSPS) is 12.4. The molecule has 2 N–H and O–H groups in total. The maximum atomic E-state index is 10.2. The topological polar surface area (TPSA) is 91.7 Å². The minimum absolute atomic E-state index is 0.176. The first-order valence-corrected chi connectivity index (χ1v) is 7.28. The fraction of sp³-hybridized carbons (Fsp3) is 0.571. The van der Waals surface area contributed by atoms with Gasteiger partial charge in [0.2, 0.25) is 0 Å². The molecule has 0 aliphatic heterocycles. The molecular formula is C7H13KO5S. The minimum atomic E-state index is -3.67. The molecule has 0 heterocycles. The summed E-state index contributed by atoms with van der Waals surface area (Å²) in [6.45, 7) is 6.36. The predicted octanol–water partition coefficient (Wildman–Crippen LogP) is 0.426. The van der Waals surface area contributed by atoms with E-state index < -0.39 is 15.4 Å². The van der Waals surface area contributed by atoms with E-state index in [-0.39, 0.29) is 54.5 Å². The van der Waals surface area contributed by atoms with Crippen LogP contribution in [-0.4, -0.2) is 72.3 Å². The van der Waals surface area contributed by atoms with E-state index in [0.29, 0.717) is 6.42 Å². The summed E-state index contributed by atoms with van der Waals surface area (Å²) in [5.74, 6) is -0.935. The van der Waals surface area contributed by atoms with Gasteiger partial charge in [-0.2, -0.15) is 0 Å². The molecular weight excluding hydrogens is 235 g/mol. The van der Waals surface area contributed by atoms with Crippen molar-refractivity contribution in [2.45, 2.75) is 19.6 Å². The second-order valence-corrected chi connectivity index (χ2v) is 8.14. The van der Waals surface area contributed by atoms with E-state index in [2.05, 4.69) is 6.58 Å². The molecule has 1 unspecified atom stereocenters. The third-order valence-corrected chi connectivity index (χ3v) is 6.86. The Kier molecular flexibility index (Phi) is 9.77. The molecule has 0 saturated carbocycles. The van der Waals surface area contributed by atoms with Gasteiger partial charge in [0, 0.05) is 5.57 Å². The summed E-state index contributed by atoms with van der Waals surface area (Å²) in [5, 5.41) is 7.89. The van der Waals surface area contributed by atoms with E-state index in [1.165, 1.54) is 6.92 Å². The van der Waals surface area contributed by atoms with Gasteiger partial charge in [-0.15, -0.1) is 0 Å². The Morgan fingerprint density at radius 1 is 1.57 bits per heavy atom. The Bertz CT molecular complexity index is 283. The molecule has 1 atom stereocenters. The van der Waals surface area contributed by atoms with Crippen molar-refractivity contribution in [3.8, 4) is 0 Å². The molecule has 7 heteroatoms. The van der Waals surface area contributed by atoms with Crippen LogP contribution in [0.25, 0.3) is 0 Å². The van der Waals surface area contributed by atoms with Crippen LogP contribution >= 0.6 is 0 Å². The third kappa shape index (κ3) is 10.8. The van der Waals surface area contributed by atoms with Crippen molar-refractivity contribution < 1.29 is 22.9 Å². The van der Waals surface area contributed by atoms with Crippen LogP contribution in [0, 0.1) is 0 Å². The molecule has 0 amide bonds. The van der Waals surface area contributed by atoms with Crippen molar-refractivity contribution in [1.29, 1.82) is 0 Å². The number of carbonyl (C=O) groups is 1. The van der Waals surface area contributed by atoms with Crippen molar-refractivity contribution in [1.82, 2.24) is 0 Å². The van der Waals surface area contributed by atoms with E-state index in [0.717, 1.165) is 0 Å². The average Bonchev–Trinajstić information content (AvgIpc) is 2.02. The SMILES string of the molecule is C=C(C)C(=O)O.CC[CH]([K])S(=O)(=O)O. The van der Waals surface area contributed by atoms with E-state index in [4.69, 9.17) is 9.66 Å². The van der Waals surface area contributed by atoms with Gasteiger partial charge in [0.05, 0.1) is 0 Å². The standard InChI is InChI=1S/C4H6O2.C3H7O3S.K/c1-3(2)4(5)6;1-2-3-7(4,5)6;/h1H2,2H3,(H,5,6);3H,2H2,1H3,(H,4,5,6);. The van der Waals surface area contributed by atoms with Crippen LogP contribution in [0.4, 0.5) is 0 Å². The van der Waals surface area contributed by atoms with Crippen LogP contribution in [0.1, 0.15) is 20.3 Å². The van der Waals surface area contributed by atoms with E-state index in [1.807, 2.05) is 0 Å². The molecule has 0 aromatic carbocycles. The Balaban J connectivity index is 0. The summed E-state index contributed by atoms with van der Waals surface area (Å²) in [7, 11) is -3.67. The Labute approximate surface area is 118 Å². The first-order valence-electron chi connectivity index (χ1n) is 3.98. The number of rotatable bonds is 3. The Morgan fingerprint density at radius 3 is 1.86 bits per heavy atom. The van der Waals surface area contributed by atoms with Gasteiger partial charge in [-0.3, -0.25) is 0 Å². The van der Waals surface area contributed by atoms with Crippen LogP contribution < -0.4 is 0 Å². The van der Waals surface area contributed by atoms with Gasteiger partial charge in [-0.05, 0) is 6.92 Å². The second-order valence-electron chi connectivity index (χ2n) is 2.82. The molecule has 78 valence electrons. The summed E-state index contributed by atoms with van der Waals surface area (Å²) in [6.07, 6.45) is 0.541. The predicted molar refractivity (Wildman–Crippen MR) is 53.8 cm³/mol. The van der Waals surface area contributed by atoms with Crippen LogP contribution in [0.5, 0.6) is 0 Å². The summed E-state index contributed by atoms with van der Waals surface area (Å²) >= 11 is 0.176. The van der Waals surface area contributed by atoms with Gasteiger partial charge < -0.3 is 5.11 Å². The molecule has 0 fully saturated rings. The zero-order chi connectivity index (χ0) is 11.9. The first-order chi connectivity index (χ1) is 6.12. The van der Waals surface area contributed by atoms with Crippen molar-refractivity contribution in [3.05, 3.63) is 12.2 Å². The van der Waals surface area contributed by atoms with E-state index >= 15 is 0 Å². The van der Waals surface area contributed by atoms with Crippen molar-refractivity contribution >= 4 is 65.0 Å². The van der Waals surface area contributed by atoms with Gasteiger partial charge in [0.25, 0.3) is 0 Å². The molecule has 14 heavy (non-hydrogen) atoms. The van der Waals surface area contributed by atoms with Crippen LogP contribution in [0.15, 0.2) is 12.2 Å². The number of hydrogen-bond donors (Lipinski definition) is 2. The third-order valence-electron chi connectivity index (χ3n) is 1.45. The fourth-order valence-corrected chi connectivity index (χ4v) is 0.632. The zero-order valence-electron chi connectivity index (χ0n) is 8.52. The number of carboxylic acid groups (broad SMARTS) is 1. The molecule has 0 aliphatic rings. The molecule has 0 aliphatic carbocycles. The first kappa shape index (κ1) is 17.2. The van der Waals surface area contributed by atoms with Gasteiger partial charge >= 0.3 is 90.7 Å². The summed E-state index contributed by atoms with van der Waals surface area (Å²) < 4.78 is 28.2. The monoisotopic (exact) mass is 248 g/mol. The van der Waals surface area contributed by atoms with Gasteiger partial charge in [-0.1, -0.05) is 6.58 Å².